The maximum absolute atomic E-state index is 11.9. The number of rotatable bonds is 14. The number of hydrogen-bond donors (Lipinski definition) is 1. The number of carbonyl (C=O) groups is 1. The molecule has 1 N–H and O–H groups in total. The molecule has 10 heteroatoms. The Morgan fingerprint density at radius 3 is 2.55 bits per heavy atom. The first kappa shape index (κ1) is 26.4. The highest BCUT2D eigenvalue weighted by Gasteiger charge is 2.15. The molecule has 0 bridgehead atoms. The number of aliphatic hydroxyl groups is 1. The number of azo groups is 1. The summed E-state index contributed by atoms with van der Waals surface area (Å²) in [5, 5.41) is 26.9. The Morgan fingerprint density at radius 1 is 1.15 bits per heavy atom. The average Bonchev–Trinajstić information content (AvgIpc) is 3.24. The zero-order chi connectivity index (χ0) is 24.1. The van der Waals surface area contributed by atoms with Crippen molar-refractivity contribution in [1.82, 2.24) is 0 Å². The first-order valence-electron chi connectivity index (χ1n) is 10.8. The zero-order valence-electron chi connectivity index (χ0n) is 19.2. The number of nitrogens with zero attached hydrogens (tertiary/aromatic N) is 4. The van der Waals surface area contributed by atoms with Gasteiger partial charge in [0.1, 0.15) is 10.9 Å². The molecule has 0 spiro atoms. The summed E-state index contributed by atoms with van der Waals surface area (Å²) in [6.45, 7) is 9.42. The quantitative estimate of drug-likeness (QED) is 0.245. The molecule has 0 amide bonds. The minimum Gasteiger partial charge on any atom is -0.462 e. The van der Waals surface area contributed by atoms with Crippen LogP contribution in [0.3, 0.4) is 0 Å². The summed E-state index contributed by atoms with van der Waals surface area (Å²) >= 11 is 1.09. The van der Waals surface area contributed by atoms with Crippen LogP contribution in [0.1, 0.15) is 34.6 Å². The summed E-state index contributed by atoms with van der Waals surface area (Å²) in [6, 6.07) is 9.41. The van der Waals surface area contributed by atoms with Gasteiger partial charge in [-0.3, -0.25) is 0 Å². The SMILES string of the molecule is CCOC(=O)c1cc(C#N)c(/N=N/c2ccc(N(CC)CCOCCOCCO)cc2C)s1. The van der Waals surface area contributed by atoms with Gasteiger partial charge in [0.2, 0.25) is 0 Å². The van der Waals surface area contributed by atoms with Gasteiger partial charge in [0, 0.05) is 18.8 Å². The third kappa shape index (κ3) is 8.22. The highest BCUT2D eigenvalue weighted by Crippen LogP contribution is 2.33. The van der Waals surface area contributed by atoms with E-state index in [2.05, 4.69) is 22.1 Å². The standard InChI is InChI=1S/C23H30N4O5S/c1-4-27(8-10-30-12-13-31-11-9-28)19-6-7-20(17(3)14-19)25-26-22-18(16-24)15-21(33-22)23(29)32-5-2/h6-7,14-15,28H,4-5,8-13H2,1-3H3/b26-25+. The van der Waals surface area contributed by atoms with Crippen molar-refractivity contribution in [3.05, 3.63) is 40.3 Å². The summed E-state index contributed by atoms with van der Waals surface area (Å²) in [5.74, 6) is -0.470. The number of thiophene rings is 1. The molecule has 178 valence electrons. The molecule has 0 atom stereocenters. The molecule has 0 aliphatic rings. The fourth-order valence-corrected chi connectivity index (χ4v) is 3.74. The van der Waals surface area contributed by atoms with Gasteiger partial charge in [-0.2, -0.15) is 5.26 Å². The number of ether oxygens (including phenoxy) is 3. The average molecular weight is 475 g/mol. The molecule has 9 nitrogen and oxygen atoms in total. The minimum atomic E-state index is -0.470. The minimum absolute atomic E-state index is 0.0139. The first-order chi connectivity index (χ1) is 16.0. The monoisotopic (exact) mass is 474 g/mol. The van der Waals surface area contributed by atoms with Crippen molar-refractivity contribution in [2.45, 2.75) is 20.8 Å². The van der Waals surface area contributed by atoms with Crippen molar-refractivity contribution in [2.24, 2.45) is 10.2 Å². The maximum Gasteiger partial charge on any atom is 0.348 e. The van der Waals surface area contributed by atoms with Crippen LogP contribution in [0, 0.1) is 18.3 Å². The van der Waals surface area contributed by atoms with Gasteiger partial charge in [-0.15, -0.1) is 21.6 Å². The molecule has 33 heavy (non-hydrogen) atoms. The van der Waals surface area contributed by atoms with E-state index >= 15 is 0 Å². The Bertz CT molecular complexity index is 970. The molecular formula is C23H30N4O5S. The van der Waals surface area contributed by atoms with E-state index in [4.69, 9.17) is 19.3 Å². The van der Waals surface area contributed by atoms with Crippen LogP contribution in [0.5, 0.6) is 0 Å². The van der Waals surface area contributed by atoms with Gasteiger partial charge in [-0.1, -0.05) is 0 Å². The van der Waals surface area contributed by atoms with E-state index in [0.29, 0.717) is 47.6 Å². The molecule has 0 aliphatic heterocycles. The van der Waals surface area contributed by atoms with E-state index in [9.17, 15) is 10.1 Å². The van der Waals surface area contributed by atoms with Crippen LogP contribution in [0.15, 0.2) is 34.5 Å². The Morgan fingerprint density at radius 2 is 1.91 bits per heavy atom. The molecule has 2 aromatic rings. The number of anilines is 1. The van der Waals surface area contributed by atoms with E-state index < -0.39 is 5.97 Å². The number of aliphatic hydroxyl groups excluding tert-OH is 1. The lowest BCUT2D eigenvalue weighted by atomic mass is 10.1. The second-order valence-corrected chi connectivity index (χ2v) is 7.89. The van der Waals surface area contributed by atoms with E-state index in [1.54, 1.807) is 6.92 Å². The molecule has 1 aromatic carbocycles. The van der Waals surface area contributed by atoms with Gasteiger partial charge >= 0.3 is 5.97 Å². The zero-order valence-corrected chi connectivity index (χ0v) is 20.1. The molecule has 0 radical (unpaired) electrons. The fourth-order valence-electron chi connectivity index (χ4n) is 2.92. The van der Waals surface area contributed by atoms with Gasteiger partial charge in [-0.05, 0) is 50.6 Å². The van der Waals surface area contributed by atoms with E-state index in [0.717, 1.165) is 35.7 Å². The number of aryl methyl sites for hydroxylation is 1. The van der Waals surface area contributed by atoms with Crippen LogP contribution in [0.4, 0.5) is 16.4 Å². The second-order valence-electron chi connectivity index (χ2n) is 6.86. The van der Waals surface area contributed by atoms with E-state index in [1.165, 1.54) is 6.07 Å². The highest BCUT2D eigenvalue weighted by atomic mass is 32.1. The Labute approximate surface area is 198 Å². The van der Waals surface area contributed by atoms with Crippen LogP contribution in [0.2, 0.25) is 0 Å². The number of esters is 1. The predicted molar refractivity (Wildman–Crippen MR) is 127 cm³/mol. The van der Waals surface area contributed by atoms with Gasteiger partial charge in [0.15, 0.2) is 5.00 Å². The van der Waals surface area contributed by atoms with Gasteiger partial charge in [0.05, 0.1) is 50.9 Å². The number of benzene rings is 1. The Hall–Kier alpha value is -2.84. The first-order valence-corrected chi connectivity index (χ1v) is 11.6. The predicted octanol–water partition coefficient (Wildman–Crippen LogP) is 4.37. The van der Waals surface area contributed by atoms with Crippen LogP contribution in [-0.2, 0) is 14.2 Å². The molecule has 0 saturated heterocycles. The topological polar surface area (TPSA) is 117 Å². The normalized spacial score (nSPS) is 11.0. The molecule has 0 unspecified atom stereocenters. The second kappa shape index (κ2) is 14.3. The van der Waals surface area contributed by atoms with Crippen LogP contribution >= 0.6 is 11.3 Å². The third-order valence-electron chi connectivity index (χ3n) is 4.60. The highest BCUT2D eigenvalue weighted by molar-refractivity contribution is 7.17. The van der Waals surface area contributed by atoms with Gasteiger partial charge in [-0.25, -0.2) is 4.79 Å². The van der Waals surface area contributed by atoms with Crippen molar-refractivity contribution in [1.29, 1.82) is 5.26 Å². The molecule has 0 saturated carbocycles. The largest absolute Gasteiger partial charge is 0.462 e. The van der Waals surface area contributed by atoms with Crippen molar-refractivity contribution in [2.75, 3.05) is 57.6 Å². The lowest BCUT2D eigenvalue weighted by molar-refractivity contribution is 0.0351. The van der Waals surface area contributed by atoms with Crippen LogP contribution in [-0.4, -0.2) is 63.8 Å². The summed E-state index contributed by atoms with van der Waals surface area (Å²) in [6.07, 6.45) is 0. The summed E-state index contributed by atoms with van der Waals surface area (Å²) in [5.41, 5.74) is 2.96. The van der Waals surface area contributed by atoms with Gasteiger partial charge in [0.25, 0.3) is 0 Å². The summed E-state index contributed by atoms with van der Waals surface area (Å²) < 4.78 is 15.8. The van der Waals surface area contributed by atoms with Crippen molar-refractivity contribution >= 4 is 33.7 Å². The number of likely N-dealkylation sites (N-methyl/N-ethyl adjacent to an activating group) is 1. The van der Waals surface area contributed by atoms with Crippen molar-refractivity contribution in [3.63, 3.8) is 0 Å². The summed E-state index contributed by atoms with van der Waals surface area (Å²) in [7, 11) is 0. The molecule has 2 rings (SSSR count). The molecule has 1 aromatic heterocycles. The number of nitriles is 1. The Balaban J connectivity index is 2.01. The lowest BCUT2D eigenvalue weighted by Gasteiger charge is -2.23. The number of hydrogen-bond acceptors (Lipinski definition) is 10. The van der Waals surface area contributed by atoms with Crippen LogP contribution in [0.25, 0.3) is 0 Å². The molecule has 0 aliphatic carbocycles. The smallest absolute Gasteiger partial charge is 0.348 e. The molecule has 1 heterocycles. The Kier molecular flexibility index (Phi) is 11.5. The summed E-state index contributed by atoms with van der Waals surface area (Å²) in [4.78, 5) is 14.4. The third-order valence-corrected chi connectivity index (χ3v) is 5.60. The van der Waals surface area contributed by atoms with E-state index in [1.807, 2.05) is 31.2 Å². The number of carbonyl (C=O) groups excluding carboxylic acids is 1. The molecular weight excluding hydrogens is 444 g/mol. The van der Waals surface area contributed by atoms with Gasteiger partial charge < -0.3 is 24.2 Å². The van der Waals surface area contributed by atoms with E-state index in [-0.39, 0.29) is 13.2 Å². The van der Waals surface area contributed by atoms with Crippen LogP contribution < -0.4 is 4.90 Å². The fraction of sp³-hybridized carbons (Fsp3) is 0.478. The van der Waals surface area contributed by atoms with Crippen molar-refractivity contribution in [3.8, 4) is 6.07 Å². The molecule has 0 fully saturated rings. The lowest BCUT2D eigenvalue weighted by Crippen LogP contribution is -2.27. The van der Waals surface area contributed by atoms with Crippen molar-refractivity contribution < 1.29 is 24.1 Å². The maximum atomic E-state index is 11.9.